The normalized spacial score (nSPS) is 19.1. The second-order valence-corrected chi connectivity index (χ2v) is 7.38. The summed E-state index contributed by atoms with van der Waals surface area (Å²) in [6.07, 6.45) is 17.8. The van der Waals surface area contributed by atoms with Gasteiger partial charge in [-0.3, -0.25) is 14.9 Å². The summed E-state index contributed by atoms with van der Waals surface area (Å²) in [6, 6.07) is 0. The minimum absolute atomic E-state index is 0.0542. The molecule has 0 aromatic heterocycles. The van der Waals surface area contributed by atoms with Crippen LogP contribution in [-0.2, 0) is 9.59 Å². The summed E-state index contributed by atoms with van der Waals surface area (Å²) >= 11 is 0. The first kappa shape index (κ1) is 20.2. The Kier molecular flexibility index (Phi) is 11.0. The predicted molar refractivity (Wildman–Crippen MR) is 96.1 cm³/mol. The topological polar surface area (TPSA) is 46.2 Å². The molecule has 0 bridgehead atoms. The number of carbonyl (C=O) groups excluding carboxylic acids is 2. The summed E-state index contributed by atoms with van der Waals surface area (Å²) in [5.74, 6) is 0.114. The third kappa shape index (κ3) is 9.12. The van der Waals surface area contributed by atoms with E-state index in [1.54, 1.807) is 0 Å². The molecule has 0 saturated carbocycles. The zero-order chi connectivity index (χ0) is 16.9. The molecule has 1 N–H and O–H groups in total. The molecule has 2 atom stereocenters. The van der Waals surface area contributed by atoms with Gasteiger partial charge in [-0.1, -0.05) is 90.9 Å². The van der Waals surface area contributed by atoms with Crippen LogP contribution < -0.4 is 5.32 Å². The van der Waals surface area contributed by atoms with Gasteiger partial charge in [0.2, 0.25) is 11.8 Å². The number of amides is 2. The molecule has 0 aliphatic carbocycles. The summed E-state index contributed by atoms with van der Waals surface area (Å²) in [4.78, 5) is 22.8. The molecule has 0 aromatic carbocycles. The zero-order valence-electron chi connectivity index (χ0n) is 15.4. The molecule has 1 heterocycles. The minimum atomic E-state index is -0.0958. The van der Waals surface area contributed by atoms with E-state index in [-0.39, 0.29) is 17.7 Å². The van der Waals surface area contributed by atoms with Crippen LogP contribution in [0.3, 0.4) is 0 Å². The minimum Gasteiger partial charge on any atom is -0.296 e. The molecular weight excluding hydrogens is 286 g/mol. The Hall–Kier alpha value is -0.860. The van der Waals surface area contributed by atoms with E-state index in [0.29, 0.717) is 12.3 Å². The molecule has 1 saturated heterocycles. The van der Waals surface area contributed by atoms with Crippen molar-refractivity contribution in [3.63, 3.8) is 0 Å². The van der Waals surface area contributed by atoms with Crippen LogP contribution in [0, 0.1) is 11.8 Å². The highest BCUT2D eigenvalue weighted by Gasteiger charge is 2.34. The van der Waals surface area contributed by atoms with Crippen molar-refractivity contribution in [1.29, 1.82) is 0 Å². The lowest BCUT2D eigenvalue weighted by Crippen LogP contribution is -2.25. The summed E-state index contributed by atoms with van der Waals surface area (Å²) in [6.45, 7) is 4.38. The molecule has 0 aromatic rings. The highest BCUT2D eigenvalue weighted by molar-refractivity contribution is 6.03. The third-order valence-electron chi connectivity index (χ3n) is 5.20. The lowest BCUT2D eigenvalue weighted by molar-refractivity contribution is -0.126. The highest BCUT2D eigenvalue weighted by atomic mass is 16.2. The molecule has 1 aliphatic heterocycles. The lowest BCUT2D eigenvalue weighted by atomic mass is 9.88. The van der Waals surface area contributed by atoms with Crippen molar-refractivity contribution in [3.05, 3.63) is 0 Å². The molecule has 3 heteroatoms. The number of hydrogen-bond acceptors (Lipinski definition) is 2. The largest absolute Gasteiger partial charge is 0.296 e. The number of hydrogen-bond donors (Lipinski definition) is 1. The zero-order valence-corrected chi connectivity index (χ0v) is 15.4. The molecule has 23 heavy (non-hydrogen) atoms. The van der Waals surface area contributed by atoms with Gasteiger partial charge in [-0.15, -0.1) is 0 Å². The van der Waals surface area contributed by atoms with Gasteiger partial charge in [0.15, 0.2) is 0 Å². The summed E-state index contributed by atoms with van der Waals surface area (Å²) in [7, 11) is 0. The van der Waals surface area contributed by atoms with Crippen LogP contribution in [0.25, 0.3) is 0 Å². The Labute approximate surface area is 143 Å². The Morgan fingerprint density at radius 2 is 1.35 bits per heavy atom. The fourth-order valence-electron chi connectivity index (χ4n) is 3.54. The summed E-state index contributed by atoms with van der Waals surface area (Å²) < 4.78 is 0. The lowest BCUT2D eigenvalue weighted by Gasteiger charge is -2.15. The van der Waals surface area contributed by atoms with E-state index in [4.69, 9.17) is 0 Å². The maximum absolute atomic E-state index is 11.6. The fraction of sp³-hybridized carbons (Fsp3) is 0.900. The van der Waals surface area contributed by atoms with Gasteiger partial charge in [0.1, 0.15) is 0 Å². The number of unbranched alkanes of at least 4 members (excludes halogenated alkanes) is 11. The van der Waals surface area contributed by atoms with Gasteiger partial charge in [0.25, 0.3) is 0 Å². The molecule has 1 fully saturated rings. The third-order valence-corrected chi connectivity index (χ3v) is 5.20. The average molecular weight is 324 g/mol. The molecule has 1 rings (SSSR count). The van der Waals surface area contributed by atoms with Crippen molar-refractivity contribution >= 4 is 11.8 Å². The monoisotopic (exact) mass is 323 g/mol. The van der Waals surface area contributed by atoms with E-state index >= 15 is 0 Å². The van der Waals surface area contributed by atoms with Crippen LogP contribution in [0.4, 0.5) is 0 Å². The Bertz CT molecular complexity index is 341. The molecule has 1 aliphatic rings. The Balaban J connectivity index is 1.86. The second kappa shape index (κ2) is 12.5. The first-order valence-electron chi connectivity index (χ1n) is 9.98. The molecule has 0 spiro atoms. The van der Waals surface area contributed by atoms with Crippen molar-refractivity contribution in [3.8, 4) is 0 Å². The van der Waals surface area contributed by atoms with E-state index in [9.17, 15) is 9.59 Å². The van der Waals surface area contributed by atoms with Gasteiger partial charge >= 0.3 is 0 Å². The van der Waals surface area contributed by atoms with Crippen molar-refractivity contribution in [2.24, 2.45) is 11.8 Å². The number of imide groups is 1. The maximum atomic E-state index is 11.6. The summed E-state index contributed by atoms with van der Waals surface area (Å²) in [5, 5.41) is 2.42. The molecule has 0 radical (unpaired) electrons. The predicted octanol–water partition coefficient (Wildman–Crippen LogP) is 5.38. The van der Waals surface area contributed by atoms with Crippen molar-refractivity contribution in [2.75, 3.05) is 0 Å². The van der Waals surface area contributed by atoms with Gasteiger partial charge in [0.05, 0.1) is 0 Å². The van der Waals surface area contributed by atoms with Crippen LogP contribution in [0.15, 0.2) is 0 Å². The molecular formula is C20H37NO2. The van der Waals surface area contributed by atoms with E-state index in [1.807, 2.05) is 0 Å². The van der Waals surface area contributed by atoms with Crippen molar-refractivity contribution < 1.29 is 9.59 Å². The second-order valence-electron chi connectivity index (χ2n) is 7.38. The average Bonchev–Trinajstić information content (AvgIpc) is 2.87. The molecule has 3 nitrogen and oxygen atoms in total. The first-order valence-corrected chi connectivity index (χ1v) is 9.98. The van der Waals surface area contributed by atoms with Crippen molar-refractivity contribution in [2.45, 2.75) is 104 Å². The highest BCUT2D eigenvalue weighted by Crippen LogP contribution is 2.25. The first-order chi connectivity index (χ1) is 11.1. The Morgan fingerprint density at radius 1 is 0.870 bits per heavy atom. The van der Waals surface area contributed by atoms with Gasteiger partial charge in [-0.05, 0) is 12.3 Å². The van der Waals surface area contributed by atoms with Crippen LogP contribution in [0.1, 0.15) is 104 Å². The number of nitrogens with one attached hydrogen (secondary N) is 1. The van der Waals surface area contributed by atoms with Crippen molar-refractivity contribution in [1.82, 2.24) is 5.32 Å². The van der Waals surface area contributed by atoms with E-state index in [0.717, 1.165) is 6.42 Å². The fourth-order valence-corrected chi connectivity index (χ4v) is 3.54. The van der Waals surface area contributed by atoms with E-state index < -0.39 is 0 Å². The Morgan fingerprint density at radius 3 is 1.78 bits per heavy atom. The molecule has 134 valence electrons. The van der Waals surface area contributed by atoms with Gasteiger partial charge in [-0.2, -0.15) is 0 Å². The summed E-state index contributed by atoms with van der Waals surface area (Å²) in [5.41, 5.74) is 0. The van der Waals surface area contributed by atoms with Gasteiger partial charge in [-0.25, -0.2) is 0 Å². The van der Waals surface area contributed by atoms with Crippen LogP contribution in [0.5, 0.6) is 0 Å². The maximum Gasteiger partial charge on any atom is 0.230 e. The van der Waals surface area contributed by atoms with Crippen LogP contribution >= 0.6 is 0 Å². The van der Waals surface area contributed by atoms with Gasteiger partial charge < -0.3 is 0 Å². The van der Waals surface area contributed by atoms with Gasteiger partial charge in [0, 0.05) is 12.3 Å². The van der Waals surface area contributed by atoms with Crippen LogP contribution in [0.2, 0.25) is 0 Å². The SMILES string of the molecule is CCCCCCCCCCCCCCC(C)C1CC(=O)NC1=O. The smallest absolute Gasteiger partial charge is 0.230 e. The van der Waals surface area contributed by atoms with E-state index in [2.05, 4.69) is 19.2 Å². The van der Waals surface area contributed by atoms with E-state index in [1.165, 1.54) is 77.0 Å². The standard InChI is InChI=1S/C20H37NO2/c1-3-4-5-6-7-8-9-10-11-12-13-14-15-17(2)18-16-19(22)21-20(18)23/h17-18H,3-16H2,1-2H3,(H,21,22,23). The molecule has 2 unspecified atom stereocenters. The number of carbonyl (C=O) groups is 2. The van der Waals surface area contributed by atoms with Crippen LogP contribution in [-0.4, -0.2) is 11.8 Å². The molecule has 2 amide bonds. The quantitative estimate of drug-likeness (QED) is 0.345. The number of rotatable bonds is 14.